The highest BCUT2D eigenvalue weighted by atomic mass is 15.0. The predicted octanol–water partition coefficient (Wildman–Crippen LogP) is 13.3. The molecular formula is C48H33N. The smallest absolute Gasteiger partial charge is 0.0619 e. The largest absolute Gasteiger partial charge is 0.308 e. The maximum Gasteiger partial charge on any atom is 0.0619 e. The van der Waals surface area contributed by atoms with Crippen molar-refractivity contribution in [3.05, 3.63) is 175 Å². The van der Waals surface area contributed by atoms with E-state index in [0.29, 0.717) is 0 Å². The van der Waals surface area contributed by atoms with Crippen LogP contribution in [0.2, 0.25) is 0 Å². The van der Waals surface area contributed by atoms with Gasteiger partial charge in [-0.3, -0.25) is 0 Å². The average molecular weight is 624 g/mol. The van der Waals surface area contributed by atoms with E-state index >= 15 is 0 Å². The number of aryl methyl sites for hydroxylation is 1. The molecule has 0 amide bonds. The summed E-state index contributed by atoms with van der Waals surface area (Å²) in [5.74, 6) is 0. The van der Waals surface area contributed by atoms with Gasteiger partial charge in [0, 0.05) is 27.2 Å². The van der Waals surface area contributed by atoms with Gasteiger partial charge in [-0.15, -0.1) is 0 Å². The Labute approximate surface area is 285 Å². The summed E-state index contributed by atoms with van der Waals surface area (Å²) in [6.45, 7) is 2.25. The number of aromatic nitrogens is 1. The normalized spacial score (nSPS) is 11.9. The van der Waals surface area contributed by atoms with Crippen molar-refractivity contribution in [1.82, 2.24) is 4.57 Å². The Balaban J connectivity index is 1.27. The zero-order valence-electron chi connectivity index (χ0n) is 27.3. The summed E-state index contributed by atoms with van der Waals surface area (Å²) in [4.78, 5) is 0. The number of hydrogen-bond donors (Lipinski definition) is 0. The third-order valence-electron chi connectivity index (χ3n) is 10.6. The summed E-state index contributed by atoms with van der Waals surface area (Å²) in [7, 11) is 0. The number of rotatable bonds is 4. The quantitative estimate of drug-likeness (QED) is 0.172. The number of nitrogens with zero attached hydrogens (tertiary/aromatic N) is 1. The van der Waals surface area contributed by atoms with Crippen LogP contribution in [0.5, 0.6) is 0 Å². The van der Waals surface area contributed by atoms with Crippen LogP contribution < -0.4 is 0 Å². The molecule has 1 aromatic heterocycles. The van der Waals surface area contributed by atoms with Gasteiger partial charge in [0.05, 0.1) is 11.0 Å². The number of hydrogen-bond acceptors (Lipinski definition) is 0. The van der Waals surface area contributed by atoms with Crippen LogP contribution in [0.3, 0.4) is 0 Å². The molecule has 10 aromatic rings. The molecular weight excluding hydrogens is 591 g/mol. The highest BCUT2D eigenvalue weighted by Crippen LogP contribution is 2.45. The van der Waals surface area contributed by atoms with Gasteiger partial charge in [0.25, 0.3) is 0 Å². The van der Waals surface area contributed by atoms with Crippen LogP contribution in [0.25, 0.3) is 92.8 Å². The SMILES string of the molecule is CCc1cccc2c1ccc1c3ccc4ccccc4c3n(-c3ccc(-c4c5ccccc5c(-c5ccccc5)c5ccccc45)cc3)c21. The van der Waals surface area contributed by atoms with E-state index in [1.165, 1.54) is 98.4 Å². The topological polar surface area (TPSA) is 4.93 Å². The number of fused-ring (bicyclic) bond motifs is 9. The van der Waals surface area contributed by atoms with Gasteiger partial charge in [-0.1, -0.05) is 165 Å². The van der Waals surface area contributed by atoms with E-state index in [-0.39, 0.29) is 0 Å². The average Bonchev–Trinajstić information content (AvgIpc) is 3.52. The third kappa shape index (κ3) is 4.12. The summed E-state index contributed by atoms with van der Waals surface area (Å²) in [6, 6.07) is 62.8. The zero-order chi connectivity index (χ0) is 32.5. The first-order valence-corrected chi connectivity index (χ1v) is 17.3. The Morgan fingerprint density at radius 2 is 0.816 bits per heavy atom. The minimum Gasteiger partial charge on any atom is -0.308 e. The third-order valence-corrected chi connectivity index (χ3v) is 10.6. The molecule has 10 rings (SSSR count). The van der Waals surface area contributed by atoms with Gasteiger partial charge in [-0.2, -0.15) is 0 Å². The molecule has 0 saturated carbocycles. The molecule has 1 heteroatoms. The zero-order valence-corrected chi connectivity index (χ0v) is 27.3. The lowest BCUT2D eigenvalue weighted by atomic mass is 9.86. The lowest BCUT2D eigenvalue weighted by molar-refractivity contribution is 1.16. The van der Waals surface area contributed by atoms with E-state index in [1.54, 1.807) is 0 Å². The first-order chi connectivity index (χ1) is 24.3. The second-order valence-corrected chi connectivity index (χ2v) is 13.1. The van der Waals surface area contributed by atoms with E-state index in [1.807, 2.05) is 0 Å². The lowest BCUT2D eigenvalue weighted by Crippen LogP contribution is -1.96. The molecule has 0 bridgehead atoms. The van der Waals surface area contributed by atoms with Crippen molar-refractivity contribution in [3.8, 4) is 27.9 Å². The molecule has 0 aliphatic carbocycles. The van der Waals surface area contributed by atoms with E-state index < -0.39 is 0 Å². The van der Waals surface area contributed by atoms with Gasteiger partial charge in [0.1, 0.15) is 0 Å². The monoisotopic (exact) mass is 623 g/mol. The fourth-order valence-electron chi connectivity index (χ4n) is 8.39. The second kappa shape index (κ2) is 10.9. The van der Waals surface area contributed by atoms with Gasteiger partial charge in [-0.05, 0) is 78.7 Å². The van der Waals surface area contributed by atoms with Crippen LogP contribution in [0.1, 0.15) is 12.5 Å². The molecule has 1 heterocycles. The lowest BCUT2D eigenvalue weighted by Gasteiger charge is -2.18. The first-order valence-electron chi connectivity index (χ1n) is 17.3. The van der Waals surface area contributed by atoms with Crippen LogP contribution in [0, 0.1) is 0 Å². The van der Waals surface area contributed by atoms with Crippen molar-refractivity contribution >= 4 is 64.9 Å². The predicted molar refractivity (Wildman–Crippen MR) is 211 cm³/mol. The van der Waals surface area contributed by atoms with Crippen molar-refractivity contribution in [2.24, 2.45) is 0 Å². The summed E-state index contributed by atoms with van der Waals surface area (Å²) in [6.07, 6.45) is 1.01. The highest BCUT2D eigenvalue weighted by Gasteiger charge is 2.20. The Kier molecular flexibility index (Phi) is 6.22. The van der Waals surface area contributed by atoms with E-state index in [2.05, 4.69) is 181 Å². The molecule has 9 aromatic carbocycles. The van der Waals surface area contributed by atoms with E-state index in [4.69, 9.17) is 0 Å². The van der Waals surface area contributed by atoms with Crippen molar-refractivity contribution in [3.63, 3.8) is 0 Å². The summed E-state index contributed by atoms with van der Waals surface area (Å²) >= 11 is 0. The number of benzene rings is 9. The van der Waals surface area contributed by atoms with Crippen molar-refractivity contribution in [2.45, 2.75) is 13.3 Å². The molecule has 0 radical (unpaired) electrons. The van der Waals surface area contributed by atoms with Crippen LogP contribution in [-0.2, 0) is 6.42 Å². The van der Waals surface area contributed by atoms with Gasteiger partial charge >= 0.3 is 0 Å². The molecule has 0 unspecified atom stereocenters. The minimum absolute atomic E-state index is 1.01. The van der Waals surface area contributed by atoms with Crippen LogP contribution >= 0.6 is 0 Å². The molecule has 0 aliphatic rings. The molecule has 230 valence electrons. The molecule has 0 atom stereocenters. The Morgan fingerprint density at radius 3 is 1.45 bits per heavy atom. The molecule has 49 heavy (non-hydrogen) atoms. The Hall–Kier alpha value is -6.18. The molecule has 0 aliphatic heterocycles. The molecule has 1 nitrogen and oxygen atoms in total. The van der Waals surface area contributed by atoms with Gasteiger partial charge in [0.2, 0.25) is 0 Å². The Bertz CT molecular complexity index is 2830. The summed E-state index contributed by atoms with van der Waals surface area (Å²) in [5, 5.41) is 12.8. The van der Waals surface area contributed by atoms with Gasteiger partial charge in [-0.25, -0.2) is 0 Å². The summed E-state index contributed by atoms with van der Waals surface area (Å²) in [5.41, 5.74) is 10.1. The molecule has 0 spiro atoms. The van der Waals surface area contributed by atoms with Crippen molar-refractivity contribution in [1.29, 1.82) is 0 Å². The van der Waals surface area contributed by atoms with Crippen LogP contribution in [0.15, 0.2) is 170 Å². The van der Waals surface area contributed by atoms with E-state index in [0.717, 1.165) is 6.42 Å². The van der Waals surface area contributed by atoms with E-state index in [9.17, 15) is 0 Å². The second-order valence-electron chi connectivity index (χ2n) is 13.1. The highest BCUT2D eigenvalue weighted by molar-refractivity contribution is 6.24. The maximum atomic E-state index is 2.52. The summed E-state index contributed by atoms with van der Waals surface area (Å²) < 4.78 is 2.52. The first kappa shape index (κ1) is 27.9. The van der Waals surface area contributed by atoms with Gasteiger partial charge < -0.3 is 4.57 Å². The minimum atomic E-state index is 1.01. The van der Waals surface area contributed by atoms with Crippen LogP contribution in [-0.4, -0.2) is 4.57 Å². The van der Waals surface area contributed by atoms with Crippen molar-refractivity contribution < 1.29 is 0 Å². The maximum absolute atomic E-state index is 2.52. The van der Waals surface area contributed by atoms with Crippen molar-refractivity contribution in [2.75, 3.05) is 0 Å². The molecule has 0 fully saturated rings. The standard InChI is InChI=1S/C48H33N/c1-2-31-16-12-22-42-36(31)29-30-44-43-28-25-32-13-6-7-17-37(32)47(43)49(48(42)44)35-26-23-34(24-27-35)46-40-20-10-8-18-38(40)45(33-14-4-3-5-15-33)39-19-9-11-21-41(39)46/h3-30H,2H2,1H3. The van der Waals surface area contributed by atoms with Crippen LogP contribution in [0.4, 0.5) is 0 Å². The Morgan fingerprint density at radius 1 is 0.347 bits per heavy atom. The fourth-order valence-corrected chi connectivity index (χ4v) is 8.39. The van der Waals surface area contributed by atoms with Gasteiger partial charge in [0.15, 0.2) is 0 Å². The fraction of sp³-hybridized carbons (Fsp3) is 0.0417. The molecule has 0 N–H and O–H groups in total. The molecule has 0 saturated heterocycles.